The van der Waals surface area contributed by atoms with Gasteiger partial charge in [-0.1, -0.05) is 36.4 Å². The first-order valence-corrected chi connectivity index (χ1v) is 10.6. The highest BCUT2D eigenvalue weighted by atomic mass is 16.3. The molecule has 2 atom stereocenters. The predicted molar refractivity (Wildman–Crippen MR) is 116 cm³/mol. The average molecular weight is 421 g/mol. The largest absolute Gasteiger partial charge is 0.389 e. The van der Waals surface area contributed by atoms with Crippen molar-refractivity contribution in [2.75, 3.05) is 19.6 Å². The third-order valence-electron chi connectivity index (χ3n) is 5.98. The minimum absolute atomic E-state index is 0.0651. The number of hydrogen-bond acceptors (Lipinski definition) is 6. The molecule has 0 spiro atoms. The maximum Gasteiger partial charge on any atom is 0.221 e. The van der Waals surface area contributed by atoms with Crippen molar-refractivity contribution >= 4 is 5.91 Å². The van der Waals surface area contributed by atoms with Gasteiger partial charge in [0.15, 0.2) is 0 Å². The minimum atomic E-state index is -0.791. The molecular formula is C23H28N6O2. The maximum atomic E-state index is 12.9. The highest BCUT2D eigenvalue weighted by Crippen LogP contribution is 2.33. The monoisotopic (exact) mass is 420 g/mol. The normalized spacial score (nSPS) is 21.6. The van der Waals surface area contributed by atoms with Crippen LogP contribution >= 0.6 is 0 Å². The molecule has 0 bridgehead atoms. The summed E-state index contributed by atoms with van der Waals surface area (Å²) in [7, 11) is 0. The molecule has 0 unspecified atom stereocenters. The Bertz CT molecular complexity index is 951. The number of aryl methyl sites for hydroxylation is 1. The van der Waals surface area contributed by atoms with Crippen LogP contribution in [0.1, 0.15) is 24.0 Å². The van der Waals surface area contributed by atoms with E-state index in [1.54, 1.807) is 25.0 Å². The van der Waals surface area contributed by atoms with Crippen LogP contribution < -0.4 is 5.32 Å². The van der Waals surface area contributed by atoms with E-state index in [9.17, 15) is 9.90 Å². The SMILES string of the molecule is O=C(CCc1cccnc1)N[C@@]1(c2ccccc2)CCN(CCn2cnnc2)C[C@H]1O. The predicted octanol–water partition coefficient (Wildman–Crippen LogP) is 1.38. The van der Waals surface area contributed by atoms with Crippen LogP contribution in [0.5, 0.6) is 0 Å². The molecule has 162 valence electrons. The van der Waals surface area contributed by atoms with Crippen LogP contribution in [-0.2, 0) is 23.3 Å². The van der Waals surface area contributed by atoms with E-state index in [0.717, 1.165) is 30.8 Å². The lowest BCUT2D eigenvalue weighted by Gasteiger charge is -2.46. The van der Waals surface area contributed by atoms with Crippen molar-refractivity contribution in [3.8, 4) is 0 Å². The van der Waals surface area contributed by atoms with Gasteiger partial charge in [0, 0.05) is 45.0 Å². The molecule has 1 aliphatic heterocycles. The zero-order chi connectivity index (χ0) is 21.5. The van der Waals surface area contributed by atoms with Gasteiger partial charge in [-0.2, -0.15) is 0 Å². The van der Waals surface area contributed by atoms with Crippen LogP contribution in [0.15, 0.2) is 67.5 Å². The molecule has 3 aromatic rings. The number of aliphatic hydroxyl groups excluding tert-OH is 1. The van der Waals surface area contributed by atoms with Crippen LogP contribution in [-0.4, -0.2) is 61.4 Å². The van der Waals surface area contributed by atoms with Crippen molar-refractivity contribution in [3.63, 3.8) is 0 Å². The number of β-amino-alcohol motifs (C(OH)–C–C–N with tert-alkyl or cyclic N) is 1. The van der Waals surface area contributed by atoms with E-state index >= 15 is 0 Å². The van der Waals surface area contributed by atoms with Crippen molar-refractivity contribution in [1.82, 2.24) is 30.0 Å². The van der Waals surface area contributed by atoms with Gasteiger partial charge in [0.25, 0.3) is 0 Å². The van der Waals surface area contributed by atoms with Gasteiger partial charge in [0.1, 0.15) is 12.7 Å². The second-order valence-corrected chi connectivity index (χ2v) is 8.01. The zero-order valence-electron chi connectivity index (χ0n) is 17.5. The van der Waals surface area contributed by atoms with Gasteiger partial charge in [0.2, 0.25) is 5.91 Å². The van der Waals surface area contributed by atoms with Crippen molar-refractivity contribution in [2.24, 2.45) is 0 Å². The van der Waals surface area contributed by atoms with Gasteiger partial charge in [-0.05, 0) is 30.0 Å². The summed E-state index contributed by atoms with van der Waals surface area (Å²) in [6.07, 6.45) is 7.78. The highest BCUT2D eigenvalue weighted by molar-refractivity contribution is 5.77. The van der Waals surface area contributed by atoms with Gasteiger partial charge >= 0.3 is 0 Å². The third-order valence-corrected chi connectivity index (χ3v) is 5.98. The van der Waals surface area contributed by atoms with Crippen molar-refractivity contribution < 1.29 is 9.90 Å². The molecule has 0 radical (unpaired) electrons. The molecule has 4 rings (SSSR count). The first kappa shape index (κ1) is 21.1. The number of nitrogens with one attached hydrogen (secondary N) is 1. The van der Waals surface area contributed by atoms with E-state index in [1.165, 1.54) is 0 Å². The molecular weight excluding hydrogens is 392 g/mol. The summed E-state index contributed by atoms with van der Waals surface area (Å²) >= 11 is 0. The Morgan fingerprint density at radius 1 is 1.13 bits per heavy atom. The Balaban J connectivity index is 1.43. The quantitative estimate of drug-likeness (QED) is 0.572. The smallest absolute Gasteiger partial charge is 0.221 e. The number of rotatable bonds is 8. The van der Waals surface area contributed by atoms with Crippen molar-refractivity contribution in [2.45, 2.75) is 37.5 Å². The number of piperidine rings is 1. The Hall–Kier alpha value is -3.10. The number of carbonyl (C=O) groups excluding carboxylic acids is 1. The molecule has 1 aromatic carbocycles. The van der Waals surface area contributed by atoms with Crippen LogP contribution in [0.4, 0.5) is 0 Å². The van der Waals surface area contributed by atoms with E-state index < -0.39 is 11.6 Å². The molecule has 0 aliphatic carbocycles. The summed E-state index contributed by atoms with van der Waals surface area (Å²) in [4.78, 5) is 19.2. The van der Waals surface area contributed by atoms with Crippen LogP contribution in [0.3, 0.4) is 0 Å². The summed E-state index contributed by atoms with van der Waals surface area (Å²) < 4.78 is 1.92. The van der Waals surface area contributed by atoms with Gasteiger partial charge in [-0.25, -0.2) is 0 Å². The minimum Gasteiger partial charge on any atom is -0.389 e. The fourth-order valence-electron chi connectivity index (χ4n) is 4.20. The number of hydrogen-bond donors (Lipinski definition) is 2. The zero-order valence-corrected chi connectivity index (χ0v) is 17.5. The number of aromatic nitrogens is 4. The first-order valence-electron chi connectivity index (χ1n) is 10.6. The fraction of sp³-hybridized carbons (Fsp3) is 0.391. The number of likely N-dealkylation sites (tertiary alicyclic amines) is 1. The van der Waals surface area contributed by atoms with Crippen molar-refractivity contribution in [3.05, 3.63) is 78.6 Å². The summed E-state index contributed by atoms with van der Waals surface area (Å²) in [6.45, 7) is 2.81. The second kappa shape index (κ2) is 9.80. The van der Waals surface area contributed by atoms with E-state index in [1.807, 2.05) is 47.0 Å². The number of amides is 1. The average Bonchev–Trinajstić information content (AvgIpc) is 3.33. The lowest BCUT2D eigenvalue weighted by Crippen LogP contribution is -2.62. The number of nitrogens with zero attached hydrogens (tertiary/aromatic N) is 5. The number of aliphatic hydroxyl groups is 1. The number of pyridine rings is 1. The maximum absolute atomic E-state index is 12.9. The van der Waals surface area contributed by atoms with Gasteiger partial charge in [0.05, 0.1) is 11.6 Å². The molecule has 2 N–H and O–H groups in total. The fourth-order valence-corrected chi connectivity index (χ4v) is 4.20. The topological polar surface area (TPSA) is 96.2 Å². The van der Waals surface area contributed by atoms with Crippen molar-refractivity contribution in [1.29, 1.82) is 0 Å². The number of carbonyl (C=O) groups is 1. The van der Waals surface area contributed by atoms with Gasteiger partial charge in [-0.3, -0.25) is 14.7 Å². The van der Waals surface area contributed by atoms with E-state index in [-0.39, 0.29) is 5.91 Å². The van der Waals surface area contributed by atoms with Gasteiger partial charge in [-0.15, -0.1) is 10.2 Å². The summed E-state index contributed by atoms with van der Waals surface area (Å²) in [5.41, 5.74) is 1.17. The molecule has 1 fully saturated rings. The Morgan fingerprint density at radius 3 is 2.65 bits per heavy atom. The molecule has 2 aromatic heterocycles. The second-order valence-electron chi connectivity index (χ2n) is 8.01. The lowest BCUT2D eigenvalue weighted by molar-refractivity contribution is -0.127. The molecule has 1 aliphatic rings. The van der Waals surface area contributed by atoms with Crippen LogP contribution in [0.2, 0.25) is 0 Å². The van der Waals surface area contributed by atoms with Crippen LogP contribution in [0.25, 0.3) is 0 Å². The molecule has 8 nitrogen and oxygen atoms in total. The highest BCUT2D eigenvalue weighted by Gasteiger charge is 2.44. The van der Waals surface area contributed by atoms with E-state index in [2.05, 4.69) is 25.4 Å². The third kappa shape index (κ3) is 5.15. The molecule has 1 saturated heterocycles. The Labute approximate surface area is 182 Å². The van der Waals surface area contributed by atoms with E-state index in [4.69, 9.17) is 0 Å². The summed E-state index contributed by atoms with van der Waals surface area (Å²) in [6, 6.07) is 13.7. The standard InChI is InChI=1S/C23H28N6O2/c30-21-16-28(13-14-29-17-25-26-18-29)12-10-23(21,20-6-2-1-3-7-20)27-22(31)9-8-19-5-4-11-24-15-19/h1-7,11,15,17-18,21,30H,8-10,12-14,16H2,(H,27,31)/t21-,23-/m1/s1. The Kier molecular flexibility index (Phi) is 6.69. The van der Waals surface area contributed by atoms with E-state index in [0.29, 0.717) is 25.8 Å². The summed E-state index contributed by atoms with van der Waals surface area (Å²) in [5, 5.41) is 22.1. The summed E-state index contributed by atoms with van der Waals surface area (Å²) in [5.74, 6) is -0.0651. The Morgan fingerprint density at radius 2 is 1.94 bits per heavy atom. The van der Waals surface area contributed by atoms with Crippen LogP contribution in [0, 0.1) is 0 Å². The first-order chi connectivity index (χ1) is 15.2. The van der Waals surface area contributed by atoms with Gasteiger partial charge < -0.3 is 15.0 Å². The molecule has 31 heavy (non-hydrogen) atoms. The molecule has 0 saturated carbocycles. The number of benzene rings is 1. The molecule has 8 heteroatoms. The molecule has 1 amide bonds. The molecule has 3 heterocycles. The lowest BCUT2D eigenvalue weighted by atomic mass is 9.78.